The SMILES string of the molecule is C[C@@H]1CN(C(=O)C2CC3(COC(=O)N3)C2)CC[C@@H]1c1cccc(-c2ccccc2)c1. The summed E-state index contributed by atoms with van der Waals surface area (Å²) in [4.78, 5) is 26.4. The lowest BCUT2D eigenvalue weighted by Gasteiger charge is -2.46. The fraction of sp³-hybridized carbons (Fsp3) is 0.440. The van der Waals surface area contributed by atoms with Gasteiger partial charge in [-0.2, -0.15) is 0 Å². The van der Waals surface area contributed by atoms with Crippen LogP contribution in [0.15, 0.2) is 54.6 Å². The highest BCUT2D eigenvalue weighted by molar-refractivity contribution is 5.81. The molecule has 1 spiro atoms. The summed E-state index contributed by atoms with van der Waals surface area (Å²) >= 11 is 0. The number of likely N-dealkylation sites (tertiary alicyclic amines) is 1. The molecule has 2 saturated heterocycles. The van der Waals surface area contributed by atoms with E-state index in [1.165, 1.54) is 16.7 Å². The normalized spacial score (nSPS) is 30.5. The standard InChI is InChI=1S/C25H28N2O3/c1-17-15-27(23(28)21-13-25(14-21)16-30-24(29)26-25)11-10-22(17)20-9-5-8-19(12-20)18-6-3-2-4-7-18/h2-9,12,17,21-22H,10-11,13-16H2,1H3,(H,26,29)/t17-,21?,22+,25?/m1/s1. The maximum Gasteiger partial charge on any atom is 0.407 e. The maximum absolute atomic E-state index is 13.0. The summed E-state index contributed by atoms with van der Waals surface area (Å²) in [7, 11) is 0. The molecule has 3 aliphatic rings. The Bertz CT molecular complexity index is 952. The van der Waals surface area contributed by atoms with Crippen molar-refractivity contribution in [3.05, 3.63) is 60.2 Å². The first-order chi connectivity index (χ1) is 14.5. The van der Waals surface area contributed by atoms with Gasteiger partial charge in [0.2, 0.25) is 5.91 Å². The lowest BCUT2D eigenvalue weighted by molar-refractivity contribution is -0.143. The second-order valence-corrected chi connectivity index (χ2v) is 9.23. The van der Waals surface area contributed by atoms with Crippen LogP contribution in [-0.4, -0.2) is 42.1 Å². The number of carbonyl (C=O) groups is 2. The predicted molar refractivity (Wildman–Crippen MR) is 115 cm³/mol. The zero-order chi connectivity index (χ0) is 20.7. The van der Waals surface area contributed by atoms with E-state index >= 15 is 0 Å². The third-order valence-corrected chi connectivity index (χ3v) is 7.11. The van der Waals surface area contributed by atoms with Crippen molar-refractivity contribution in [2.75, 3.05) is 19.7 Å². The molecule has 5 rings (SSSR count). The molecule has 0 unspecified atom stereocenters. The Labute approximate surface area is 177 Å². The minimum Gasteiger partial charge on any atom is -0.447 e. The smallest absolute Gasteiger partial charge is 0.407 e. The zero-order valence-corrected chi connectivity index (χ0v) is 17.3. The topological polar surface area (TPSA) is 58.6 Å². The number of benzene rings is 2. The number of nitrogens with zero attached hydrogens (tertiary/aromatic N) is 1. The second-order valence-electron chi connectivity index (χ2n) is 9.23. The number of cyclic esters (lactones) is 1. The third kappa shape index (κ3) is 3.47. The van der Waals surface area contributed by atoms with Gasteiger partial charge in [0, 0.05) is 19.0 Å². The van der Waals surface area contributed by atoms with Crippen molar-refractivity contribution in [1.82, 2.24) is 10.2 Å². The molecule has 1 aliphatic carbocycles. The minimum absolute atomic E-state index is 0.0113. The van der Waals surface area contributed by atoms with Crippen LogP contribution in [0.5, 0.6) is 0 Å². The second kappa shape index (κ2) is 7.46. The summed E-state index contributed by atoms with van der Waals surface area (Å²) in [6, 6.07) is 19.3. The summed E-state index contributed by atoms with van der Waals surface area (Å²) in [5.41, 5.74) is 3.56. The molecule has 0 bridgehead atoms. The number of nitrogens with one attached hydrogen (secondary N) is 1. The van der Waals surface area contributed by atoms with E-state index in [0.29, 0.717) is 31.3 Å². The van der Waals surface area contributed by atoms with Gasteiger partial charge in [0.1, 0.15) is 6.61 Å². The summed E-state index contributed by atoms with van der Waals surface area (Å²) < 4.78 is 5.03. The van der Waals surface area contributed by atoms with Gasteiger partial charge in [0.05, 0.1) is 5.54 Å². The van der Waals surface area contributed by atoms with Gasteiger partial charge in [-0.3, -0.25) is 4.79 Å². The molecule has 2 aromatic carbocycles. The van der Waals surface area contributed by atoms with E-state index in [9.17, 15) is 9.59 Å². The third-order valence-electron chi connectivity index (χ3n) is 7.11. The highest BCUT2D eigenvalue weighted by Gasteiger charge is 2.53. The van der Waals surface area contributed by atoms with Crippen LogP contribution in [0.1, 0.15) is 37.7 Å². The maximum atomic E-state index is 13.0. The van der Waals surface area contributed by atoms with Crippen LogP contribution in [0.25, 0.3) is 11.1 Å². The summed E-state index contributed by atoms with van der Waals surface area (Å²) in [5, 5.41) is 2.88. The van der Waals surface area contributed by atoms with Crippen LogP contribution < -0.4 is 5.32 Å². The first-order valence-corrected chi connectivity index (χ1v) is 10.9. The number of piperidine rings is 1. The van der Waals surface area contributed by atoms with Crippen molar-refractivity contribution in [3.8, 4) is 11.1 Å². The predicted octanol–water partition coefficient (Wildman–Crippen LogP) is 4.19. The number of amides is 2. The van der Waals surface area contributed by atoms with Crippen LogP contribution >= 0.6 is 0 Å². The molecule has 5 nitrogen and oxygen atoms in total. The Balaban J connectivity index is 1.22. The molecule has 2 amide bonds. The number of hydrogen-bond donors (Lipinski definition) is 1. The lowest BCUT2D eigenvalue weighted by Crippen LogP contribution is -2.59. The van der Waals surface area contributed by atoms with E-state index in [1.54, 1.807) is 0 Å². The van der Waals surface area contributed by atoms with Gasteiger partial charge in [-0.1, -0.05) is 61.5 Å². The molecule has 0 aromatic heterocycles. The van der Waals surface area contributed by atoms with Gasteiger partial charge >= 0.3 is 6.09 Å². The van der Waals surface area contributed by atoms with E-state index in [4.69, 9.17) is 4.74 Å². The molecule has 3 fully saturated rings. The molecule has 1 N–H and O–H groups in total. The lowest BCUT2D eigenvalue weighted by atomic mass is 9.68. The minimum atomic E-state index is -0.354. The molecule has 30 heavy (non-hydrogen) atoms. The first-order valence-electron chi connectivity index (χ1n) is 10.9. The van der Waals surface area contributed by atoms with Crippen LogP contribution in [0.4, 0.5) is 4.79 Å². The van der Waals surface area contributed by atoms with E-state index in [2.05, 4.69) is 60.8 Å². The van der Waals surface area contributed by atoms with E-state index < -0.39 is 0 Å². The number of carbonyl (C=O) groups excluding carboxylic acids is 2. The van der Waals surface area contributed by atoms with Crippen LogP contribution in [0.2, 0.25) is 0 Å². The Kier molecular flexibility index (Phi) is 4.76. The Morgan fingerprint density at radius 3 is 2.57 bits per heavy atom. The van der Waals surface area contributed by atoms with Crippen molar-refractivity contribution in [1.29, 1.82) is 0 Å². The van der Waals surface area contributed by atoms with Gasteiger partial charge in [0.25, 0.3) is 0 Å². The monoisotopic (exact) mass is 404 g/mol. The Morgan fingerprint density at radius 2 is 1.87 bits per heavy atom. The van der Waals surface area contributed by atoms with Gasteiger partial charge in [-0.05, 0) is 47.8 Å². The molecule has 2 aromatic rings. The average Bonchev–Trinajstić information content (AvgIpc) is 3.15. The largest absolute Gasteiger partial charge is 0.447 e. The Morgan fingerprint density at radius 1 is 1.10 bits per heavy atom. The first kappa shape index (κ1) is 19.2. The molecule has 156 valence electrons. The van der Waals surface area contributed by atoms with Crippen LogP contribution in [0, 0.1) is 11.8 Å². The molecular formula is C25H28N2O3. The van der Waals surface area contributed by atoms with E-state index in [-0.39, 0.29) is 23.5 Å². The summed E-state index contributed by atoms with van der Waals surface area (Å²) in [5.74, 6) is 1.13. The molecule has 2 heterocycles. The van der Waals surface area contributed by atoms with Crippen molar-refractivity contribution in [2.45, 2.75) is 37.6 Å². The van der Waals surface area contributed by atoms with E-state index in [1.807, 2.05) is 11.0 Å². The fourth-order valence-electron chi connectivity index (χ4n) is 5.45. The fourth-order valence-corrected chi connectivity index (χ4v) is 5.45. The number of alkyl carbamates (subject to hydrolysis) is 1. The summed E-state index contributed by atoms with van der Waals surface area (Å²) in [6.07, 6.45) is 2.03. The van der Waals surface area contributed by atoms with Crippen molar-refractivity contribution in [3.63, 3.8) is 0 Å². The van der Waals surface area contributed by atoms with E-state index in [0.717, 1.165) is 19.5 Å². The molecule has 1 saturated carbocycles. The highest BCUT2D eigenvalue weighted by Crippen LogP contribution is 2.43. The van der Waals surface area contributed by atoms with Crippen molar-refractivity contribution < 1.29 is 14.3 Å². The molecular weight excluding hydrogens is 376 g/mol. The molecule has 0 radical (unpaired) electrons. The quantitative estimate of drug-likeness (QED) is 0.834. The number of ether oxygens (including phenoxy) is 1. The molecule has 2 atom stereocenters. The van der Waals surface area contributed by atoms with Crippen molar-refractivity contribution in [2.24, 2.45) is 11.8 Å². The molecule has 5 heteroatoms. The number of hydrogen-bond acceptors (Lipinski definition) is 3. The van der Waals surface area contributed by atoms with Gasteiger partial charge in [0.15, 0.2) is 0 Å². The molecule has 2 aliphatic heterocycles. The highest BCUT2D eigenvalue weighted by atomic mass is 16.6. The van der Waals surface area contributed by atoms with Gasteiger partial charge < -0.3 is 15.0 Å². The van der Waals surface area contributed by atoms with Gasteiger partial charge in [-0.15, -0.1) is 0 Å². The van der Waals surface area contributed by atoms with Crippen LogP contribution in [-0.2, 0) is 9.53 Å². The zero-order valence-electron chi connectivity index (χ0n) is 17.3. The average molecular weight is 405 g/mol. The van der Waals surface area contributed by atoms with Crippen LogP contribution in [0.3, 0.4) is 0 Å². The van der Waals surface area contributed by atoms with Gasteiger partial charge in [-0.25, -0.2) is 4.79 Å². The van der Waals surface area contributed by atoms with Crippen molar-refractivity contribution >= 4 is 12.0 Å². The summed E-state index contributed by atoms with van der Waals surface area (Å²) in [6.45, 7) is 4.25. The number of rotatable bonds is 3. The Hall–Kier alpha value is -2.82.